The first-order valence-corrected chi connectivity index (χ1v) is 8.14. The largest absolute Gasteiger partial charge is 0.497 e. The molecule has 0 radical (unpaired) electrons. The summed E-state index contributed by atoms with van der Waals surface area (Å²) in [6, 6.07) is 15.3. The van der Waals surface area contributed by atoms with E-state index in [9.17, 15) is 4.79 Å². The van der Waals surface area contributed by atoms with Gasteiger partial charge in [0.2, 0.25) is 5.90 Å². The van der Waals surface area contributed by atoms with Gasteiger partial charge in [0.15, 0.2) is 5.70 Å². The molecule has 4 nitrogen and oxygen atoms in total. The van der Waals surface area contributed by atoms with Gasteiger partial charge < -0.3 is 9.47 Å². The summed E-state index contributed by atoms with van der Waals surface area (Å²) in [5.74, 6) is 0.662. The van der Waals surface area contributed by atoms with Crippen LogP contribution in [-0.2, 0) is 14.9 Å². The third-order valence-corrected chi connectivity index (χ3v) is 4.04. The van der Waals surface area contributed by atoms with Crippen LogP contribution in [0.4, 0.5) is 0 Å². The Balaban J connectivity index is 1.85. The average molecular weight is 335 g/mol. The van der Waals surface area contributed by atoms with Crippen molar-refractivity contribution in [2.24, 2.45) is 4.99 Å². The zero-order valence-corrected chi connectivity index (χ0v) is 14.9. The molecule has 0 unspecified atom stereocenters. The highest BCUT2D eigenvalue weighted by atomic mass is 16.6. The topological polar surface area (TPSA) is 47.9 Å². The van der Waals surface area contributed by atoms with Crippen LogP contribution < -0.4 is 4.74 Å². The summed E-state index contributed by atoms with van der Waals surface area (Å²) in [5, 5.41) is 0. The van der Waals surface area contributed by atoms with E-state index < -0.39 is 5.97 Å². The fourth-order valence-corrected chi connectivity index (χ4v) is 2.50. The van der Waals surface area contributed by atoms with Crippen molar-refractivity contribution in [3.8, 4) is 5.75 Å². The number of rotatable bonds is 3. The van der Waals surface area contributed by atoms with Crippen LogP contribution in [0.2, 0.25) is 0 Å². The second-order valence-electron chi connectivity index (χ2n) is 6.94. The molecule has 0 N–H and O–H groups in total. The Kier molecular flexibility index (Phi) is 4.45. The van der Waals surface area contributed by atoms with Gasteiger partial charge in [-0.15, -0.1) is 0 Å². The molecule has 0 fully saturated rings. The maximum Gasteiger partial charge on any atom is 0.363 e. The zero-order chi connectivity index (χ0) is 18.0. The number of hydrogen-bond donors (Lipinski definition) is 0. The lowest BCUT2D eigenvalue weighted by atomic mass is 9.87. The highest BCUT2D eigenvalue weighted by Crippen LogP contribution is 2.24. The minimum Gasteiger partial charge on any atom is -0.497 e. The predicted molar refractivity (Wildman–Crippen MR) is 98.7 cm³/mol. The maximum absolute atomic E-state index is 12.1. The molecule has 0 atom stereocenters. The lowest BCUT2D eigenvalue weighted by molar-refractivity contribution is -0.129. The molecule has 0 bridgehead atoms. The minimum absolute atomic E-state index is 0.0755. The average Bonchev–Trinajstić information content (AvgIpc) is 2.96. The third-order valence-electron chi connectivity index (χ3n) is 4.04. The molecule has 4 heteroatoms. The molecule has 128 valence electrons. The molecule has 0 aromatic heterocycles. The van der Waals surface area contributed by atoms with E-state index in [-0.39, 0.29) is 5.41 Å². The number of esters is 1. The highest BCUT2D eigenvalue weighted by molar-refractivity contribution is 6.12. The van der Waals surface area contributed by atoms with Crippen molar-refractivity contribution >= 4 is 17.9 Å². The van der Waals surface area contributed by atoms with Gasteiger partial charge in [-0.05, 0) is 46.9 Å². The predicted octanol–water partition coefficient (Wildman–Crippen LogP) is 4.34. The molecule has 1 aliphatic rings. The van der Waals surface area contributed by atoms with E-state index >= 15 is 0 Å². The van der Waals surface area contributed by atoms with Crippen LogP contribution in [0.15, 0.2) is 59.2 Å². The number of carbonyl (C=O) groups is 1. The Morgan fingerprint density at radius 1 is 1.00 bits per heavy atom. The van der Waals surface area contributed by atoms with Crippen molar-refractivity contribution < 1.29 is 14.3 Å². The van der Waals surface area contributed by atoms with E-state index in [2.05, 4.69) is 25.8 Å². The van der Waals surface area contributed by atoms with Crippen LogP contribution in [0.25, 0.3) is 6.08 Å². The number of aliphatic imine (C=N–C) groups is 1. The molecule has 0 aliphatic carbocycles. The lowest BCUT2D eigenvalue weighted by Crippen LogP contribution is -2.11. The summed E-state index contributed by atoms with van der Waals surface area (Å²) < 4.78 is 10.4. The van der Waals surface area contributed by atoms with Crippen molar-refractivity contribution in [2.45, 2.75) is 26.2 Å². The first-order valence-electron chi connectivity index (χ1n) is 8.14. The normalized spacial score (nSPS) is 15.9. The van der Waals surface area contributed by atoms with Gasteiger partial charge in [0.05, 0.1) is 7.11 Å². The molecule has 0 saturated heterocycles. The van der Waals surface area contributed by atoms with Crippen LogP contribution in [-0.4, -0.2) is 19.0 Å². The fraction of sp³-hybridized carbons (Fsp3) is 0.238. The molecule has 0 spiro atoms. The Hall–Kier alpha value is -2.88. The summed E-state index contributed by atoms with van der Waals surface area (Å²) in [6.45, 7) is 6.47. The molecule has 3 rings (SSSR count). The first-order chi connectivity index (χ1) is 11.9. The van der Waals surface area contributed by atoms with Gasteiger partial charge in [-0.25, -0.2) is 9.79 Å². The smallest absolute Gasteiger partial charge is 0.363 e. The van der Waals surface area contributed by atoms with Gasteiger partial charge in [0, 0.05) is 5.56 Å². The first kappa shape index (κ1) is 17.0. The van der Waals surface area contributed by atoms with Crippen molar-refractivity contribution in [1.82, 2.24) is 0 Å². The van der Waals surface area contributed by atoms with Crippen molar-refractivity contribution in [1.29, 1.82) is 0 Å². The van der Waals surface area contributed by atoms with Crippen molar-refractivity contribution in [3.63, 3.8) is 0 Å². The molecule has 1 aliphatic heterocycles. The summed E-state index contributed by atoms with van der Waals surface area (Å²) >= 11 is 0. The Labute approximate surface area is 147 Å². The SMILES string of the molecule is COc1ccc(C=C2N=C(c3ccc(C(C)(C)C)cc3)OC2=O)cc1. The Morgan fingerprint density at radius 2 is 1.64 bits per heavy atom. The van der Waals surface area contributed by atoms with E-state index in [1.807, 2.05) is 48.5 Å². The molecule has 2 aromatic carbocycles. The number of carbonyl (C=O) groups excluding carboxylic acids is 1. The maximum atomic E-state index is 12.1. The van der Waals surface area contributed by atoms with Gasteiger partial charge >= 0.3 is 5.97 Å². The highest BCUT2D eigenvalue weighted by Gasteiger charge is 2.24. The molecule has 25 heavy (non-hydrogen) atoms. The van der Waals surface area contributed by atoms with E-state index in [1.54, 1.807) is 13.2 Å². The standard InChI is InChI=1S/C21H21NO3/c1-21(2,3)16-9-7-15(8-10-16)19-22-18(20(23)25-19)13-14-5-11-17(24-4)12-6-14/h5-13H,1-4H3. The van der Waals surface area contributed by atoms with Gasteiger partial charge in [0.25, 0.3) is 0 Å². The zero-order valence-electron chi connectivity index (χ0n) is 14.9. The minimum atomic E-state index is -0.439. The lowest BCUT2D eigenvalue weighted by Gasteiger charge is -2.18. The summed E-state index contributed by atoms with van der Waals surface area (Å²) in [7, 11) is 1.61. The summed E-state index contributed by atoms with van der Waals surface area (Å²) in [5.41, 5.74) is 3.24. The fourth-order valence-electron chi connectivity index (χ4n) is 2.50. The third kappa shape index (κ3) is 3.79. The number of benzene rings is 2. The van der Waals surface area contributed by atoms with Gasteiger partial charge in [-0.1, -0.05) is 45.0 Å². The number of nitrogens with zero attached hydrogens (tertiary/aromatic N) is 1. The van der Waals surface area contributed by atoms with Crippen LogP contribution in [0.5, 0.6) is 5.75 Å². The van der Waals surface area contributed by atoms with E-state index in [4.69, 9.17) is 9.47 Å². The second-order valence-corrected chi connectivity index (χ2v) is 6.94. The van der Waals surface area contributed by atoms with Gasteiger partial charge in [0.1, 0.15) is 5.75 Å². The summed E-state index contributed by atoms with van der Waals surface area (Å²) in [6.07, 6.45) is 1.71. The number of hydrogen-bond acceptors (Lipinski definition) is 4. The van der Waals surface area contributed by atoms with Crippen LogP contribution >= 0.6 is 0 Å². The second kappa shape index (κ2) is 6.55. The van der Waals surface area contributed by atoms with Gasteiger partial charge in [-0.2, -0.15) is 0 Å². The molecule has 2 aromatic rings. The van der Waals surface area contributed by atoms with E-state index in [1.165, 1.54) is 5.56 Å². The number of methoxy groups -OCH3 is 1. The summed E-state index contributed by atoms with van der Waals surface area (Å²) in [4.78, 5) is 16.4. The monoisotopic (exact) mass is 335 g/mol. The van der Waals surface area contributed by atoms with Gasteiger partial charge in [-0.3, -0.25) is 0 Å². The quantitative estimate of drug-likeness (QED) is 0.619. The van der Waals surface area contributed by atoms with Crippen molar-refractivity contribution in [2.75, 3.05) is 7.11 Å². The van der Waals surface area contributed by atoms with Crippen LogP contribution in [0, 0.1) is 0 Å². The van der Waals surface area contributed by atoms with E-state index in [0.29, 0.717) is 11.6 Å². The Bertz CT molecular complexity index is 838. The molecule has 1 heterocycles. The van der Waals surface area contributed by atoms with Crippen molar-refractivity contribution in [3.05, 3.63) is 70.9 Å². The van der Waals surface area contributed by atoms with E-state index in [0.717, 1.165) is 16.9 Å². The molecular formula is C21H21NO3. The number of ether oxygens (including phenoxy) is 2. The molecular weight excluding hydrogens is 314 g/mol. The molecule has 0 saturated carbocycles. The molecule has 0 amide bonds. The van der Waals surface area contributed by atoms with Crippen LogP contribution in [0.1, 0.15) is 37.5 Å². The van der Waals surface area contributed by atoms with Crippen LogP contribution in [0.3, 0.4) is 0 Å². The Morgan fingerprint density at radius 3 is 2.20 bits per heavy atom. The number of cyclic esters (lactones) is 1.